The molecular formula is C20H21N3O2S. The van der Waals surface area contributed by atoms with Crippen molar-refractivity contribution in [3.63, 3.8) is 0 Å². The number of rotatable bonds is 2. The summed E-state index contributed by atoms with van der Waals surface area (Å²) >= 11 is 1.53. The molecule has 1 atom stereocenters. The summed E-state index contributed by atoms with van der Waals surface area (Å²) in [5.41, 5.74) is 2.57. The van der Waals surface area contributed by atoms with Crippen molar-refractivity contribution in [1.29, 1.82) is 0 Å². The average molecular weight is 367 g/mol. The van der Waals surface area contributed by atoms with Crippen LogP contribution in [0.5, 0.6) is 0 Å². The molecule has 0 aromatic heterocycles. The van der Waals surface area contributed by atoms with E-state index in [0.717, 1.165) is 23.7 Å². The number of benzene rings is 2. The summed E-state index contributed by atoms with van der Waals surface area (Å²) in [5, 5.41) is 2.80. The quantitative estimate of drug-likeness (QED) is 0.886. The van der Waals surface area contributed by atoms with E-state index in [0.29, 0.717) is 18.7 Å². The predicted molar refractivity (Wildman–Crippen MR) is 105 cm³/mol. The predicted octanol–water partition coefficient (Wildman–Crippen LogP) is 3.08. The number of hydrogen-bond donors (Lipinski definition) is 1. The third-order valence-corrected chi connectivity index (χ3v) is 6.02. The lowest BCUT2D eigenvalue weighted by molar-refractivity contribution is -0.115. The highest BCUT2D eigenvalue weighted by Gasteiger charge is 2.26. The van der Waals surface area contributed by atoms with Crippen molar-refractivity contribution in [3.8, 4) is 0 Å². The van der Waals surface area contributed by atoms with Crippen molar-refractivity contribution in [2.24, 2.45) is 0 Å². The van der Waals surface area contributed by atoms with Crippen molar-refractivity contribution < 1.29 is 9.59 Å². The second-order valence-corrected chi connectivity index (χ2v) is 7.96. The lowest BCUT2D eigenvalue weighted by Gasteiger charge is -2.36. The van der Waals surface area contributed by atoms with Crippen molar-refractivity contribution in [2.45, 2.75) is 17.1 Å². The van der Waals surface area contributed by atoms with Crippen LogP contribution < -0.4 is 10.2 Å². The molecule has 26 heavy (non-hydrogen) atoms. The Morgan fingerprint density at radius 1 is 1.08 bits per heavy atom. The zero-order chi connectivity index (χ0) is 18.1. The standard InChI is InChI=1S/C20H21N3O2S/c1-14-19(24)21-17-13-15(7-8-18(17)26-14)20(25)23-11-9-22(10-12-23)16-5-3-2-4-6-16/h2-8,13-14H,9-12H2,1H3,(H,21,24)/t14-/m0/s1. The summed E-state index contributed by atoms with van der Waals surface area (Å²) in [6, 6.07) is 15.9. The monoisotopic (exact) mass is 367 g/mol. The number of carbonyl (C=O) groups is 2. The topological polar surface area (TPSA) is 52.7 Å². The van der Waals surface area contributed by atoms with E-state index in [1.165, 1.54) is 17.4 Å². The molecule has 1 saturated heterocycles. The normalized spacial score (nSPS) is 19.7. The number of anilines is 2. The molecule has 2 amide bonds. The maximum atomic E-state index is 12.9. The lowest BCUT2D eigenvalue weighted by atomic mass is 10.1. The number of hydrogen-bond acceptors (Lipinski definition) is 4. The summed E-state index contributed by atoms with van der Waals surface area (Å²) in [7, 11) is 0. The summed E-state index contributed by atoms with van der Waals surface area (Å²) < 4.78 is 0. The largest absolute Gasteiger partial charge is 0.368 e. The van der Waals surface area contributed by atoms with Gasteiger partial charge in [-0.3, -0.25) is 9.59 Å². The molecular weight excluding hydrogens is 346 g/mol. The van der Waals surface area contributed by atoms with Gasteiger partial charge in [-0.05, 0) is 37.3 Å². The third-order valence-electron chi connectivity index (χ3n) is 4.85. The fourth-order valence-corrected chi connectivity index (χ4v) is 4.26. The molecule has 2 aromatic carbocycles. The average Bonchev–Trinajstić information content (AvgIpc) is 2.69. The van der Waals surface area contributed by atoms with E-state index >= 15 is 0 Å². The fourth-order valence-electron chi connectivity index (χ4n) is 3.33. The van der Waals surface area contributed by atoms with Crippen LogP contribution in [0.25, 0.3) is 0 Å². The fraction of sp³-hybridized carbons (Fsp3) is 0.300. The Hall–Kier alpha value is -2.47. The molecule has 0 aliphatic carbocycles. The van der Waals surface area contributed by atoms with Crippen LogP contribution in [0, 0.1) is 0 Å². The van der Waals surface area contributed by atoms with Crippen molar-refractivity contribution in [3.05, 3.63) is 54.1 Å². The second kappa shape index (κ2) is 7.03. The first-order valence-corrected chi connectivity index (χ1v) is 9.70. The molecule has 1 N–H and O–H groups in total. The van der Waals surface area contributed by atoms with Gasteiger partial charge in [0, 0.05) is 42.3 Å². The van der Waals surface area contributed by atoms with Crippen LogP contribution in [0.15, 0.2) is 53.4 Å². The van der Waals surface area contributed by atoms with E-state index in [9.17, 15) is 9.59 Å². The minimum atomic E-state index is -0.102. The number of carbonyl (C=O) groups excluding carboxylic acids is 2. The molecule has 2 aliphatic rings. The molecule has 0 unspecified atom stereocenters. The van der Waals surface area contributed by atoms with Gasteiger partial charge < -0.3 is 15.1 Å². The first-order valence-electron chi connectivity index (χ1n) is 8.82. The van der Waals surface area contributed by atoms with Gasteiger partial charge in [0.2, 0.25) is 5.91 Å². The third kappa shape index (κ3) is 3.29. The maximum Gasteiger partial charge on any atom is 0.254 e. The number of para-hydroxylation sites is 1. The van der Waals surface area contributed by atoms with Gasteiger partial charge in [0.05, 0.1) is 10.9 Å². The molecule has 4 rings (SSSR count). The SMILES string of the molecule is C[C@@H]1Sc2ccc(C(=O)N3CCN(c4ccccc4)CC3)cc2NC1=O. The maximum absolute atomic E-state index is 12.9. The van der Waals surface area contributed by atoms with Crippen molar-refractivity contribution in [2.75, 3.05) is 36.4 Å². The Bertz CT molecular complexity index is 832. The number of thioether (sulfide) groups is 1. The summed E-state index contributed by atoms with van der Waals surface area (Å²) in [4.78, 5) is 29.9. The Balaban J connectivity index is 1.44. The molecule has 0 spiro atoms. The molecule has 6 heteroatoms. The highest BCUT2D eigenvalue weighted by Crippen LogP contribution is 2.36. The molecule has 134 valence electrons. The van der Waals surface area contributed by atoms with Crippen molar-refractivity contribution in [1.82, 2.24) is 4.90 Å². The molecule has 0 radical (unpaired) electrons. The van der Waals surface area contributed by atoms with Gasteiger partial charge in [-0.25, -0.2) is 0 Å². The van der Waals surface area contributed by atoms with Crippen LogP contribution in [0.3, 0.4) is 0 Å². The number of nitrogens with one attached hydrogen (secondary N) is 1. The smallest absolute Gasteiger partial charge is 0.254 e. The minimum absolute atomic E-state index is 0.0106. The summed E-state index contributed by atoms with van der Waals surface area (Å²) in [6.45, 7) is 4.93. The van der Waals surface area contributed by atoms with E-state index in [1.54, 1.807) is 6.07 Å². The molecule has 0 bridgehead atoms. The second-order valence-electron chi connectivity index (χ2n) is 6.58. The first kappa shape index (κ1) is 17.0. The van der Waals surface area contributed by atoms with Crippen LogP contribution in [0.1, 0.15) is 17.3 Å². The molecule has 5 nitrogen and oxygen atoms in total. The molecule has 2 aromatic rings. The van der Waals surface area contributed by atoms with Gasteiger partial charge in [-0.1, -0.05) is 18.2 Å². The number of fused-ring (bicyclic) bond motifs is 1. The summed E-state index contributed by atoms with van der Waals surface area (Å²) in [5.74, 6) is 0.0157. The Morgan fingerprint density at radius 2 is 1.81 bits per heavy atom. The van der Waals surface area contributed by atoms with Gasteiger partial charge >= 0.3 is 0 Å². The lowest BCUT2D eigenvalue weighted by Crippen LogP contribution is -2.48. The van der Waals surface area contributed by atoms with Gasteiger partial charge in [-0.15, -0.1) is 11.8 Å². The van der Waals surface area contributed by atoms with Crippen LogP contribution in [0.2, 0.25) is 0 Å². The molecule has 1 fully saturated rings. The van der Waals surface area contributed by atoms with Gasteiger partial charge in [0.25, 0.3) is 5.91 Å². The highest BCUT2D eigenvalue weighted by atomic mass is 32.2. The Labute approximate surface area is 157 Å². The Kier molecular flexibility index (Phi) is 4.59. The van der Waals surface area contributed by atoms with Crippen LogP contribution in [0.4, 0.5) is 11.4 Å². The van der Waals surface area contributed by atoms with E-state index in [2.05, 4.69) is 22.3 Å². The first-order chi connectivity index (χ1) is 12.6. The Morgan fingerprint density at radius 3 is 2.54 bits per heavy atom. The van der Waals surface area contributed by atoms with E-state index in [1.807, 2.05) is 42.2 Å². The van der Waals surface area contributed by atoms with Crippen LogP contribution >= 0.6 is 11.8 Å². The van der Waals surface area contributed by atoms with Gasteiger partial charge in [0.1, 0.15) is 0 Å². The summed E-state index contributed by atoms with van der Waals surface area (Å²) in [6.07, 6.45) is 0. The van der Waals surface area contributed by atoms with E-state index in [4.69, 9.17) is 0 Å². The van der Waals surface area contributed by atoms with Crippen LogP contribution in [-0.4, -0.2) is 48.1 Å². The zero-order valence-corrected chi connectivity index (χ0v) is 15.5. The molecule has 2 heterocycles. The van der Waals surface area contributed by atoms with Crippen molar-refractivity contribution >= 4 is 35.0 Å². The minimum Gasteiger partial charge on any atom is -0.368 e. The van der Waals surface area contributed by atoms with E-state index < -0.39 is 0 Å². The number of amides is 2. The number of nitrogens with zero attached hydrogens (tertiary/aromatic N) is 2. The molecule has 2 aliphatic heterocycles. The van der Waals surface area contributed by atoms with Gasteiger partial charge in [-0.2, -0.15) is 0 Å². The zero-order valence-electron chi connectivity index (χ0n) is 14.6. The molecule has 0 saturated carbocycles. The van der Waals surface area contributed by atoms with Gasteiger partial charge in [0.15, 0.2) is 0 Å². The van der Waals surface area contributed by atoms with Crippen LogP contribution in [-0.2, 0) is 4.79 Å². The number of piperazine rings is 1. The highest BCUT2D eigenvalue weighted by molar-refractivity contribution is 8.00. The van der Waals surface area contributed by atoms with E-state index in [-0.39, 0.29) is 17.1 Å².